The lowest BCUT2D eigenvalue weighted by atomic mass is 9.76. The number of benzene rings is 2. The first-order valence-electron chi connectivity index (χ1n) is 9.24. The zero-order valence-corrected chi connectivity index (χ0v) is 16.2. The van der Waals surface area contributed by atoms with Crippen LogP contribution >= 0.6 is 11.6 Å². The van der Waals surface area contributed by atoms with Crippen LogP contribution in [0.5, 0.6) is 0 Å². The van der Waals surface area contributed by atoms with Crippen molar-refractivity contribution in [2.45, 2.75) is 19.3 Å². The second-order valence-corrected chi connectivity index (χ2v) is 7.08. The fraction of sp³-hybridized carbons (Fsp3) is 0.227. The average Bonchev–Trinajstić information content (AvgIpc) is 3.17. The summed E-state index contributed by atoms with van der Waals surface area (Å²) in [5.41, 5.74) is 3.54. The smallest absolute Gasteiger partial charge is 0.315 e. The topological polar surface area (TPSA) is 67.3 Å². The van der Waals surface area contributed by atoms with Crippen molar-refractivity contribution in [3.05, 3.63) is 82.5 Å². The zero-order chi connectivity index (χ0) is 19.5. The fourth-order valence-corrected chi connectivity index (χ4v) is 3.98. The van der Waals surface area contributed by atoms with Crippen molar-refractivity contribution >= 4 is 29.1 Å². The van der Waals surface area contributed by atoms with Gasteiger partial charge in [0.25, 0.3) is 0 Å². The Morgan fingerprint density at radius 2 is 1.86 bits per heavy atom. The molecule has 6 heteroatoms. The SMILES string of the molecule is CCOC(=O)C1C(Cc2ccccc2)=Nc2[nH]ncc2C1c1ccccc1Cl. The molecule has 1 aliphatic rings. The maximum atomic E-state index is 13.0. The number of aromatic amines is 1. The molecular formula is C22H20ClN3O2. The molecule has 3 aromatic rings. The zero-order valence-electron chi connectivity index (χ0n) is 15.4. The lowest BCUT2D eigenvalue weighted by Gasteiger charge is -2.31. The third-order valence-electron chi connectivity index (χ3n) is 4.94. The van der Waals surface area contributed by atoms with Gasteiger partial charge >= 0.3 is 5.97 Å². The molecule has 5 nitrogen and oxygen atoms in total. The number of carbonyl (C=O) groups excluding carboxylic acids is 1. The van der Waals surface area contributed by atoms with Crippen LogP contribution in [-0.2, 0) is 16.0 Å². The average molecular weight is 394 g/mol. The summed E-state index contributed by atoms with van der Waals surface area (Å²) < 4.78 is 5.44. The predicted molar refractivity (Wildman–Crippen MR) is 109 cm³/mol. The Labute approximate surface area is 168 Å². The third-order valence-corrected chi connectivity index (χ3v) is 5.28. The van der Waals surface area contributed by atoms with E-state index in [4.69, 9.17) is 21.3 Å². The van der Waals surface area contributed by atoms with Crippen molar-refractivity contribution < 1.29 is 9.53 Å². The van der Waals surface area contributed by atoms with Crippen molar-refractivity contribution in [3.63, 3.8) is 0 Å². The first-order valence-corrected chi connectivity index (χ1v) is 9.62. The summed E-state index contributed by atoms with van der Waals surface area (Å²) in [4.78, 5) is 17.8. The Balaban J connectivity index is 1.85. The highest BCUT2D eigenvalue weighted by atomic mass is 35.5. The van der Waals surface area contributed by atoms with Crippen LogP contribution in [0.3, 0.4) is 0 Å². The number of carbonyl (C=O) groups is 1. The molecule has 0 aliphatic carbocycles. The lowest BCUT2D eigenvalue weighted by Crippen LogP contribution is -2.35. The number of hydrogen-bond acceptors (Lipinski definition) is 4. The molecule has 0 amide bonds. The van der Waals surface area contributed by atoms with Gasteiger partial charge in [0.05, 0.1) is 12.8 Å². The van der Waals surface area contributed by atoms with Crippen molar-refractivity contribution in [3.8, 4) is 0 Å². The molecule has 0 spiro atoms. The van der Waals surface area contributed by atoms with E-state index in [0.29, 0.717) is 23.9 Å². The van der Waals surface area contributed by atoms with Gasteiger partial charge in [-0.25, -0.2) is 4.99 Å². The number of aromatic nitrogens is 2. The second-order valence-electron chi connectivity index (χ2n) is 6.67. The number of hydrogen-bond donors (Lipinski definition) is 1. The van der Waals surface area contributed by atoms with Gasteiger partial charge in [-0.15, -0.1) is 0 Å². The third kappa shape index (κ3) is 3.45. The number of halogens is 1. The van der Waals surface area contributed by atoms with Crippen LogP contribution in [0.1, 0.15) is 29.5 Å². The van der Waals surface area contributed by atoms with Crippen LogP contribution in [0.25, 0.3) is 0 Å². The van der Waals surface area contributed by atoms with Crippen LogP contribution in [0.2, 0.25) is 5.02 Å². The highest BCUT2D eigenvalue weighted by Gasteiger charge is 2.41. The number of esters is 1. The minimum Gasteiger partial charge on any atom is -0.465 e. The Hall–Kier alpha value is -2.92. The largest absolute Gasteiger partial charge is 0.465 e. The molecule has 0 saturated heterocycles. The number of nitrogens with one attached hydrogen (secondary N) is 1. The van der Waals surface area contributed by atoms with Crippen LogP contribution < -0.4 is 0 Å². The molecule has 0 radical (unpaired) electrons. The van der Waals surface area contributed by atoms with Gasteiger partial charge in [0.1, 0.15) is 5.92 Å². The minimum atomic E-state index is -0.565. The first kappa shape index (κ1) is 18.4. The fourth-order valence-electron chi connectivity index (χ4n) is 3.72. The summed E-state index contributed by atoms with van der Waals surface area (Å²) in [6.07, 6.45) is 2.27. The van der Waals surface area contributed by atoms with Gasteiger partial charge in [-0.05, 0) is 24.1 Å². The normalized spacial score (nSPS) is 18.3. The Morgan fingerprint density at radius 1 is 1.11 bits per heavy atom. The van der Waals surface area contributed by atoms with E-state index in [9.17, 15) is 4.79 Å². The molecular weight excluding hydrogens is 374 g/mol. The molecule has 0 fully saturated rings. The van der Waals surface area contributed by atoms with Crippen LogP contribution in [-0.4, -0.2) is 28.5 Å². The van der Waals surface area contributed by atoms with Gasteiger partial charge in [0.15, 0.2) is 5.82 Å². The van der Waals surface area contributed by atoms with E-state index >= 15 is 0 Å². The maximum Gasteiger partial charge on any atom is 0.315 e. The Bertz CT molecular complexity index is 1010. The van der Waals surface area contributed by atoms with Gasteiger partial charge in [0, 0.05) is 28.6 Å². The number of rotatable bonds is 5. The number of H-pyrrole nitrogens is 1. The van der Waals surface area contributed by atoms with E-state index in [0.717, 1.165) is 22.4 Å². The highest BCUT2D eigenvalue weighted by Crippen LogP contribution is 2.44. The first-order chi connectivity index (χ1) is 13.7. The summed E-state index contributed by atoms with van der Waals surface area (Å²) in [7, 11) is 0. The summed E-state index contributed by atoms with van der Waals surface area (Å²) in [5, 5.41) is 7.72. The van der Waals surface area contributed by atoms with E-state index < -0.39 is 5.92 Å². The van der Waals surface area contributed by atoms with Crippen molar-refractivity contribution in [2.75, 3.05) is 6.61 Å². The van der Waals surface area contributed by atoms with E-state index in [2.05, 4.69) is 10.2 Å². The highest BCUT2D eigenvalue weighted by molar-refractivity contribution is 6.31. The monoisotopic (exact) mass is 393 g/mol. The molecule has 1 aromatic heterocycles. The van der Waals surface area contributed by atoms with Gasteiger partial charge in [-0.3, -0.25) is 9.89 Å². The Morgan fingerprint density at radius 3 is 2.61 bits per heavy atom. The summed E-state index contributed by atoms with van der Waals surface area (Å²) in [5.74, 6) is -0.506. The minimum absolute atomic E-state index is 0.297. The molecule has 0 saturated carbocycles. The van der Waals surface area contributed by atoms with Gasteiger partial charge in [0.2, 0.25) is 0 Å². The van der Waals surface area contributed by atoms with E-state index in [-0.39, 0.29) is 11.9 Å². The molecule has 2 unspecified atom stereocenters. The molecule has 1 N–H and O–H groups in total. The molecule has 28 heavy (non-hydrogen) atoms. The number of aliphatic imine (C=N–C) groups is 1. The van der Waals surface area contributed by atoms with Crippen LogP contribution in [0.15, 0.2) is 65.8 Å². The molecule has 0 bridgehead atoms. The van der Waals surface area contributed by atoms with Crippen molar-refractivity contribution in [1.29, 1.82) is 0 Å². The number of fused-ring (bicyclic) bond motifs is 1. The maximum absolute atomic E-state index is 13.0. The quantitative estimate of drug-likeness (QED) is 0.638. The van der Waals surface area contributed by atoms with E-state index in [1.165, 1.54) is 0 Å². The summed E-state index contributed by atoms with van der Waals surface area (Å²) >= 11 is 6.52. The Kier molecular flexibility index (Phi) is 5.26. The molecule has 2 aromatic carbocycles. The van der Waals surface area contributed by atoms with Crippen molar-refractivity contribution in [2.24, 2.45) is 10.9 Å². The number of ether oxygens (including phenoxy) is 1. The number of nitrogens with zero attached hydrogens (tertiary/aromatic N) is 2. The lowest BCUT2D eigenvalue weighted by molar-refractivity contribution is -0.146. The van der Waals surface area contributed by atoms with Gasteiger partial charge in [-0.1, -0.05) is 60.1 Å². The molecule has 1 aliphatic heterocycles. The van der Waals surface area contributed by atoms with Gasteiger partial charge in [-0.2, -0.15) is 5.10 Å². The summed E-state index contributed by atoms with van der Waals surface area (Å²) in [6, 6.07) is 17.6. The molecule has 4 rings (SSSR count). The van der Waals surface area contributed by atoms with E-state index in [1.807, 2.05) is 61.5 Å². The standard InChI is InChI=1S/C22H20ClN3O2/c1-2-28-22(27)20-18(12-14-8-4-3-5-9-14)25-21-16(13-24-26-21)19(20)15-10-6-7-11-17(15)23/h3-11,13,19-20H,2,12H2,1H3,(H,24,26). The van der Waals surface area contributed by atoms with Crippen LogP contribution in [0.4, 0.5) is 5.82 Å². The molecule has 2 heterocycles. The molecule has 142 valence electrons. The molecule has 2 atom stereocenters. The van der Waals surface area contributed by atoms with Crippen molar-refractivity contribution in [1.82, 2.24) is 10.2 Å². The van der Waals surface area contributed by atoms with Crippen LogP contribution in [0, 0.1) is 5.92 Å². The van der Waals surface area contributed by atoms with E-state index in [1.54, 1.807) is 6.20 Å². The second kappa shape index (κ2) is 7.98. The predicted octanol–water partition coefficient (Wildman–Crippen LogP) is 4.70. The van der Waals surface area contributed by atoms with Gasteiger partial charge < -0.3 is 4.74 Å². The summed E-state index contributed by atoms with van der Waals surface area (Å²) in [6.45, 7) is 2.12.